The van der Waals surface area contributed by atoms with Crippen molar-refractivity contribution < 1.29 is 8.85 Å². The molecule has 0 radical (unpaired) electrons. The highest BCUT2D eigenvalue weighted by atomic mass is 28.3. The maximum absolute atomic E-state index is 5.74. The summed E-state index contributed by atoms with van der Waals surface area (Å²) < 4.78 is 11.5. The van der Waals surface area contributed by atoms with Crippen LogP contribution in [0.2, 0.25) is 26.2 Å². The van der Waals surface area contributed by atoms with Gasteiger partial charge in [-0.1, -0.05) is 0 Å². The van der Waals surface area contributed by atoms with Crippen molar-refractivity contribution in [2.75, 3.05) is 0 Å². The van der Waals surface area contributed by atoms with Gasteiger partial charge in [-0.15, -0.1) is 12.3 Å². The van der Waals surface area contributed by atoms with Gasteiger partial charge in [0.05, 0.1) is 0 Å². The van der Waals surface area contributed by atoms with E-state index in [4.69, 9.17) is 8.85 Å². The van der Waals surface area contributed by atoms with E-state index in [-0.39, 0.29) is 15.4 Å². The average Bonchev–Trinajstić information content (AvgIpc) is 1.84. The van der Waals surface area contributed by atoms with Gasteiger partial charge in [-0.3, -0.25) is 0 Å². The standard InChI is InChI=1S/C7H20O2Si3/c1-6-10-7(8-11(2)3)9-12(4)5/h6-7,11-12H,1,10H2,2-5H3. The summed E-state index contributed by atoms with van der Waals surface area (Å²) in [6.45, 7) is 12.5. The molecule has 0 saturated heterocycles. The first-order valence-corrected chi connectivity index (χ1v) is 11.7. The summed E-state index contributed by atoms with van der Waals surface area (Å²) in [6.07, 6.45) is 0. The van der Waals surface area contributed by atoms with Crippen molar-refractivity contribution in [3.63, 3.8) is 0 Å². The summed E-state index contributed by atoms with van der Waals surface area (Å²) in [6, 6.07) is 0. The fourth-order valence-electron chi connectivity index (χ4n) is 0.886. The minimum atomic E-state index is -0.935. The van der Waals surface area contributed by atoms with Crippen LogP contribution in [0, 0.1) is 0 Å². The molecule has 0 unspecified atom stereocenters. The van der Waals surface area contributed by atoms with E-state index >= 15 is 0 Å². The topological polar surface area (TPSA) is 18.5 Å². The third-order valence-corrected chi connectivity index (χ3v) is 4.78. The lowest BCUT2D eigenvalue weighted by atomic mass is 11.3. The second-order valence-corrected chi connectivity index (χ2v) is 9.78. The summed E-state index contributed by atoms with van der Waals surface area (Å²) >= 11 is 0. The molecule has 5 heteroatoms. The lowest BCUT2D eigenvalue weighted by molar-refractivity contribution is 0.0738. The van der Waals surface area contributed by atoms with Gasteiger partial charge in [0.1, 0.15) is 15.4 Å². The highest BCUT2D eigenvalue weighted by molar-refractivity contribution is 6.53. The monoisotopic (exact) mass is 220 g/mol. The van der Waals surface area contributed by atoms with Crippen LogP contribution in [0.25, 0.3) is 0 Å². The number of hydrogen-bond donors (Lipinski definition) is 0. The molecule has 0 N–H and O–H groups in total. The fraction of sp³-hybridized carbons (Fsp3) is 0.714. The van der Waals surface area contributed by atoms with E-state index in [1.165, 1.54) is 0 Å². The molecule has 72 valence electrons. The van der Waals surface area contributed by atoms with Gasteiger partial charge < -0.3 is 8.85 Å². The van der Waals surface area contributed by atoms with Gasteiger partial charge in [0.25, 0.3) is 0 Å². The fourth-order valence-corrected chi connectivity index (χ4v) is 5.83. The molecule has 0 bridgehead atoms. The van der Waals surface area contributed by atoms with Crippen LogP contribution < -0.4 is 0 Å². The Morgan fingerprint density at radius 3 is 1.83 bits per heavy atom. The first-order valence-electron chi connectivity index (χ1n) is 4.48. The van der Waals surface area contributed by atoms with E-state index in [1.807, 2.05) is 5.70 Å². The molecule has 0 atom stereocenters. The van der Waals surface area contributed by atoms with Crippen molar-refractivity contribution in [3.8, 4) is 0 Å². The summed E-state index contributed by atoms with van der Waals surface area (Å²) in [5.74, 6) is 0.126. The van der Waals surface area contributed by atoms with E-state index < -0.39 is 18.1 Å². The molecule has 12 heavy (non-hydrogen) atoms. The van der Waals surface area contributed by atoms with Crippen LogP contribution in [0.4, 0.5) is 0 Å². The van der Waals surface area contributed by atoms with Gasteiger partial charge in [-0.25, -0.2) is 0 Å². The molecule has 0 amide bonds. The molecule has 0 heterocycles. The van der Waals surface area contributed by atoms with Crippen molar-refractivity contribution in [2.45, 2.75) is 32.1 Å². The summed E-state index contributed by atoms with van der Waals surface area (Å²) in [5, 5.41) is 0. The van der Waals surface area contributed by atoms with Crippen molar-refractivity contribution in [1.82, 2.24) is 0 Å². The third kappa shape index (κ3) is 6.99. The van der Waals surface area contributed by atoms with Crippen LogP contribution in [0.15, 0.2) is 12.3 Å². The average molecular weight is 220 g/mol. The van der Waals surface area contributed by atoms with Gasteiger partial charge in [0.2, 0.25) is 0 Å². The lowest BCUT2D eigenvalue weighted by Gasteiger charge is -2.21. The largest absolute Gasteiger partial charge is 0.400 e. The van der Waals surface area contributed by atoms with Crippen molar-refractivity contribution in [3.05, 3.63) is 12.3 Å². The Labute approximate surface area is 81.2 Å². The van der Waals surface area contributed by atoms with E-state index in [1.54, 1.807) is 0 Å². The van der Waals surface area contributed by atoms with Crippen molar-refractivity contribution >= 4 is 27.6 Å². The zero-order valence-corrected chi connectivity index (χ0v) is 12.3. The summed E-state index contributed by atoms with van der Waals surface area (Å²) in [4.78, 5) is 0. The maximum atomic E-state index is 5.74. The molecule has 0 saturated carbocycles. The first-order chi connectivity index (χ1) is 5.56. The van der Waals surface area contributed by atoms with Crippen LogP contribution in [0.5, 0.6) is 0 Å². The van der Waals surface area contributed by atoms with E-state index in [2.05, 4.69) is 32.8 Å². The van der Waals surface area contributed by atoms with Crippen molar-refractivity contribution in [1.29, 1.82) is 0 Å². The molecule has 0 rings (SSSR count). The highest BCUT2D eigenvalue weighted by Crippen LogP contribution is 1.99. The van der Waals surface area contributed by atoms with Crippen LogP contribution in [0.3, 0.4) is 0 Å². The summed E-state index contributed by atoms with van der Waals surface area (Å²) in [5.41, 5.74) is 2.00. The predicted molar refractivity (Wildman–Crippen MR) is 62.5 cm³/mol. The minimum Gasteiger partial charge on any atom is -0.400 e. The number of hydrogen-bond acceptors (Lipinski definition) is 2. The Bertz CT molecular complexity index is 118. The Morgan fingerprint density at radius 1 is 1.17 bits per heavy atom. The summed E-state index contributed by atoms with van der Waals surface area (Å²) in [7, 11) is -2.23. The molecule has 0 aromatic carbocycles. The van der Waals surface area contributed by atoms with Crippen molar-refractivity contribution in [2.24, 2.45) is 0 Å². The molecule has 0 aliphatic heterocycles. The molecule has 0 aliphatic carbocycles. The Balaban J connectivity index is 3.77. The molecule has 0 aromatic heterocycles. The second-order valence-electron chi connectivity index (χ2n) is 3.32. The van der Waals surface area contributed by atoms with Crippen LogP contribution in [-0.4, -0.2) is 33.5 Å². The molecule has 0 aromatic rings. The van der Waals surface area contributed by atoms with Gasteiger partial charge in [-0.05, 0) is 26.2 Å². The normalized spacial score (nSPS) is 12.6. The number of rotatable bonds is 6. The Hall–Kier alpha value is 0.311. The van der Waals surface area contributed by atoms with Gasteiger partial charge in [0.15, 0.2) is 18.1 Å². The predicted octanol–water partition coefficient (Wildman–Crippen LogP) is 0.582. The third-order valence-electron chi connectivity index (χ3n) is 1.21. The lowest BCUT2D eigenvalue weighted by Crippen LogP contribution is -2.32. The van der Waals surface area contributed by atoms with Gasteiger partial charge in [-0.2, -0.15) is 0 Å². The SMILES string of the molecule is C=C[SiH2]C(O[SiH](C)C)O[SiH](C)C. The second kappa shape index (κ2) is 6.79. The van der Waals surface area contributed by atoms with Crippen LogP contribution >= 0.6 is 0 Å². The van der Waals surface area contributed by atoms with E-state index in [0.29, 0.717) is 0 Å². The quantitative estimate of drug-likeness (QED) is 0.482. The molecule has 0 spiro atoms. The Kier molecular flexibility index (Phi) is 6.96. The zero-order valence-electron chi connectivity index (χ0n) is 8.54. The van der Waals surface area contributed by atoms with E-state index in [9.17, 15) is 0 Å². The maximum Gasteiger partial charge on any atom is 0.173 e. The molecular formula is C7H20O2Si3. The molecule has 0 fully saturated rings. The molecule has 0 aliphatic rings. The minimum absolute atomic E-state index is 0.126. The highest BCUT2D eigenvalue weighted by Gasteiger charge is 2.11. The molecular weight excluding hydrogens is 200 g/mol. The Morgan fingerprint density at radius 2 is 1.58 bits per heavy atom. The first kappa shape index (κ1) is 12.3. The molecule has 2 nitrogen and oxygen atoms in total. The van der Waals surface area contributed by atoms with Gasteiger partial charge in [0, 0.05) is 0 Å². The van der Waals surface area contributed by atoms with Gasteiger partial charge >= 0.3 is 0 Å². The van der Waals surface area contributed by atoms with Crippen LogP contribution in [-0.2, 0) is 8.85 Å². The van der Waals surface area contributed by atoms with E-state index in [0.717, 1.165) is 0 Å². The smallest absolute Gasteiger partial charge is 0.173 e. The van der Waals surface area contributed by atoms with Crippen LogP contribution in [0.1, 0.15) is 0 Å². The zero-order chi connectivity index (χ0) is 9.56.